The fourth-order valence-electron chi connectivity index (χ4n) is 5.52. The van der Waals surface area contributed by atoms with Crippen LogP contribution in [0.15, 0.2) is 48.8 Å². The molecule has 5 N–H and O–H groups in total. The molecule has 0 radical (unpaired) electrons. The van der Waals surface area contributed by atoms with E-state index in [0.717, 1.165) is 25.7 Å². The fourth-order valence-corrected chi connectivity index (χ4v) is 7.23. The van der Waals surface area contributed by atoms with Crippen LogP contribution < -0.4 is 15.3 Å². The number of aliphatic hydroxyl groups excluding tert-OH is 1. The van der Waals surface area contributed by atoms with Gasteiger partial charge in [-0.15, -0.1) is 0 Å². The lowest BCUT2D eigenvalue weighted by Gasteiger charge is -2.30. The van der Waals surface area contributed by atoms with E-state index < -0.39 is 49.3 Å². The minimum absolute atomic E-state index is 0.112. The lowest BCUT2D eigenvalue weighted by molar-refractivity contribution is -0.150. The van der Waals surface area contributed by atoms with Crippen molar-refractivity contribution in [1.29, 1.82) is 5.26 Å². The maximum absolute atomic E-state index is 14.0. The number of fused-ring (bicyclic) bond motifs is 2. The van der Waals surface area contributed by atoms with E-state index in [1.807, 2.05) is 6.07 Å². The summed E-state index contributed by atoms with van der Waals surface area (Å²) in [5.74, 6) is -0.321. The third-order valence-corrected chi connectivity index (χ3v) is 9.41. The standard InChI is InChI=1S/C26H29N6O8P/c1-15(23(33)37-16-7-5-6-8-16)31-41(36,39-17-9-3-2-4-10-17)40-21-20-26(21,35)24(34)25(13-27,38-20)19-12-11-18-22(28)29-14-30-32(18)19/h2-4,9-12,14-16,20-21,24,34-35H,5-8H2,1H3,(H,31,36)(H2,28,29,30)/t15-,20+,21?,24-,25-,26-,41?/m0/s1. The molecule has 14 nitrogen and oxygen atoms in total. The zero-order valence-electron chi connectivity index (χ0n) is 22.0. The van der Waals surface area contributed by atoms with Crippen LogP contribution in [-0.2, 0) is 29.0 Å². The molecule has 15 heteroatoms. The van der Waals surface area contributed by atoms with Crippen molar-refractivity contribution < 1.29 is 38.1 Å². The number of carbonyl (C=O) groups excluding carboxylic acids is 1. The smallest absolute Gasteiger partial charge is 0.459 e. The maximum atomic E-state index is 14.0. The monoisotopic (exact) mass is 584 g/mol. The van der Waals surface area contributed by atoms with Gasteiger partial charge >= 0.3 is 13.7 Å². The predicted octanol–water partition coefficient (Wildman–Crippen LogP) is 1.57. The first kappa shape index (κ1) is 27.6. The van der Waals surface area contributed by atoms with E-state index in [1.54, 1.807) is 36.4 Å². The average Bonchev–Trinajstić information content (AvgIpc) is 3.44. The lowest BCUT2D eigenvalue weighted by atomic mass is 9.90. The summed E-state index contributed by atoms with van der Waals surface area (Å²) in [5.41, 5.74) is 2.19. The van der Waals surface area contributed by atoms with Gasteiger partial charge in [-0.3, -0.25) is 9.32 Å². The SMILES string of the molecule is C[C@H](NP(=O)(Oc1ccccc1)OC1[C@H]2O[C@@](C#N)(c3ccc4c(N)ncnn34)[C@H](O)[C@@]12O)C(=O)OC1CCCC1. The Bertz CT molecular complexity index is 1560. The number of nitrogens with one attached hydrogen (secondary N) is 1. The van der Waals surface area contributed by atoms with E-state index in [4.69, 9.17) is 24.3 Å². The molecule has 216 valence electrons. The molecular formula is C26H29N6O8P. The minimum Gasteiger partial charge on any atom is -0.461 e. The number of benzene rings is 1. The molecule has 6 rings (SSSR count). The van der Waals surface area contributed by atoms with E-state index in [9.17, 15) is 24.8 Å². The lowest BCUT2D eigenvalue weighted by Crippen LogP contribution is -2.47. The van der Waals surface area contributed by atoms with Crippen molar-refractivity contribution in [3.63, 3.8) is 0 Å². The summed E-state index contributed by atoms with van der Waals surface area (Å²) in [6.45, 7) is 1.46. The van der Waals surface area contributed by atoms with E-state index in [2.05, 4.69) is 15.2 Å². The Morgan fingerprint density at radius 2 is 2.02 bits per heavy atom. The largest absolute Gasteiger partial charge is 0.461 e. The summed E-state index contributed by atoms with van der Waals surface area (Å²) in [4.78, 5) is 16.6. The molecule has 7 atom stereocenters. The van der Waals surface area contributed by atoms with E-state index in [1.165, 1.54) is 23.8 Å². The third kappa shape index (κ3) is 4.55. The van der Waals surface area contributed by atoms with Gasteiger partial charge in [0.25, 0.3) is 0 Å². The van der Waals surface area contributed by atoms with E-state index >= 15 is 0 Å². The summed E-state index contributed by atoms with van der Waals surface area (Å²) in [7, 11) is -4.40. The quantitative estimate of drug-likeness (QED) is 0.209. The zero-order chi connectivity index (χ0) is 29.0. The highest BCUT2D eigenvalue weighted by atomic mass is 31.2. The van der Waals surface area contributed by atoms with Crippen molar-refractivity contribution in [3.8, 4) is 11.8 Å². The zero-order valence-corrected chi connectivity index (χ0v) is 22.9. The number of ether oxygens (including phenoxy) is 2. The van der Waals surface area contributed by atoms with Crippen molar-refractivity contribution in [3.05, 3.63) is 54.5 Å². The molecule has 2 unspecified atom stereocenters. The van der Waals surface area contributed by atoms with Crippen molar-refractivity contribution in [2.45, 2.75) is 74.3 Å². The molecule has 1 aromatic carbocycles. The topological polar surface area (TPSA) is 204 Å². The molecule has 3 fully saturated rings. The highest BCUT2D eigenvalue weighted by Crippen LogP contribution is 2.63. The number of esters is 1. The van der Waals surface area contributed by atoms with Gasteiger partial charge in [-0.2, -0.15) is 15.4 Å². The summed E-state index contributed by atoms with van der Waals surface area (Å²) in [6, 6.07) is 12.0. The average molecular weight is 585 g/mol. The minimum atomic E-state index is -4.40. The van der Waals surface area contributed by atoms with Crippen LogP contribution in [0.1, 0.15) is 38.3 Å². The number of anilines is 1. The molecule has 3 heterocycles. The van der Waals surface area contributed by atoms with Crippen LogP contribution in [0.5, 0.6) is 5.75 Å². The van der Waals surface area contributed by atoms with Gasteiger partial charge in [0.1, 0.15) is 54.1 Å². The second-order valence-corrected chi connectivity index (χ2v) is 12.1. The number of para-hydroxylation sites is 1. The number of hydrogen-bond donors (Lipinski definition) is 4. The summed E-state index contributed by atoms with van der Waals surface area (Å²) >= 11 is 0. The molecule has 2 saturated carbocycles. The summed E-state index contributed by atoms with van der Waals surface area (Å²) in [6.07, 6.45) is -0.0651. The second kappa shape index (κ2) is 10.1. The van der Waals surface area contributed by atoms with E-state index in [0.29, 0.717) is 5.52 Å². The molecule has 1 saturated heterocycles. The number of aromatic nitrogens is 3. The molecule has 1 aliphatic heterocycles. The highest BCUT2D eigenvalue weighted by molar-refractivity contribution is 7.52. The molecule has 2 aliphatic carbocycles. The highest BCUT2D eigenvalue weighted by Gasteiger charge is 2.83. The summed E-state index contributed by atoms with van der Waals surface area (Å²) < 4.78 is 38.2. The molecule has 41 heavy (non-hydrogen) atoms. The van der Waals surface area contributed by atoms with Crippen LogP contribution in [-0.4, -0.2) is 66.8 Å². The molecule has 0 amide bonds. The first-order chi connectivity index (χ1) is 19.6. The number of aliphatic hydroxyl groups is 2. The fraction of sp³-hybridized carbons (Fsp3) is 0.462. The van der Waals surface area contributed by atoms with Gasteiger partial charge in [0, 0.05) is 0 Å². The van der Waals surface area contributed by atoms with Gasteiger partial charge in [-0.25, -0.2) is 14.1 Å². The number of hydrogen-bond acceptors (Lipinski definition) is 12. The number of nitrogen functional groups attached to an aromatic ring is 1. The maximum Gasteiger partial charge on any atom is 0.459 e. The number of rotatable bonds is 9. The molecule has 0 bridgehead atoms. The van der Waals surface area contributed by atoms with Crippen LogP contribution in [0.4, 0.5) is 5.82 Å². The van der Waals surface area contributed by atoms with Crippen LogP contribution >= 0.6 is 7.75 Å². The Morgan fingerprint density at radius 1 is 1.29 bits per heavy atom. The van der Waals surface area contributed by atoms with Crippen LogP contribution in [0.3, 0.4) is 0 Å². The van der Waals surface area contributed by atoms with Gasteiger partial charge in [-0.05, 0) is 56.9 Å². The van der Waals surface area contributed by atoms with Gasteiger partial charge in [-0.1, -0.05) is 18.2 Å². The molecule has 3 aromatic rings. The number of nitrogens with two attached hydrogens (primary N) is 1. The molecule has 3 aliphatic rings. The first-order valence-electron chi connectivity index (χ1n) is 13.2. The van der Waals surface area contributed by atoms with Gasteiger partial charge in [0.15, 0.2) is 11.4 Å². The van der Waals surface area contributed by atoms with Crippen LogP contribution in [0, 0.1) is 11.3 Å². The third-order valence-electron chi connectivity index (χ3n) is 7.75. The van der Waals surface area contributed by atoms with Crippen molar-refractivity contribution >= 4 is 25.1 Å². The number of carbonyl (C=O) groups is 1. The van der Waals surface area contributed by atoms with Crippen molar-refractivity contribution in [2.24, 2.45) is 0 Å². The Kier molecular flexibility index (Phi) is 6.77. The van der Waals surface area contributed by atoms with Crippen LogP contribution in [0.2, 0.25) is 0 Å². The van der Waals surface area contributed by atoms with Crippen molar-refractivity contribution in [1.82, 2.24) is 19.7 Å². The Morgan fingerprint density at radius 3 is 2.68 bits per heavy atom. The normalized spacial score (nSPS) is 31.2. The molecular weight excluding hydrogens is 555 g/mol. The van der Waals surface area contributed by atoms with Gasteiger partial charge in [0.05, 0.1) is 5.69 Å². The Balaban J connectivity index is 1.24. The molecule has 2 aromatic heterocycles. The number of nitrogens with zero attached hydrogens (tertiary/aromatic N) is 4. The first-order valence-corrected chi connectivity index (χ1v) is 14.7. The van der Waals surface area contributed by atoms with Gasteiger partial charge < -0.3 is 29.9 Å². The Labute approximate surface area is 234 Å². The van der Waals surface area contributed by atoms with Crippen molar-refractivity contribution in [2.75, 3.05) is 5.73 Å². The van der Waals surface area contributed by atoms with Crippen LogP contribution in [0.25, 0.3) is 5.52 Å². The second-order valence-electron chi connectivity index (χ2n) is 10.5. The predicted molar refractivity (Wildman–Crippen MR) is 141 cm³/mol. The van der Waals surface area contributed by atoms with E-state index in [-0.39, 0.29) is 23.4 Å². The number of nitriles is 1. The summed E-state index contributed by atoms with van der Waals surface area (Å²) in [5, 5.41) is 39.6. The molecule has 0 spiro atoms. The van der Waals surface area contributed by atoms with Gasteiger partial charge in [0.2, 0.25) is 5.60 Å². The Hall–Kier alpha value is -3.57.